The first-order valence-electron chi connectivity index (χ1n) is 3.95. The molecule has 0 aromatic rings. The van der Waals surface area contributed by atoms with Crippen molar-refractivity contribution in [1.29, 1.82) is 0 Å². The van der Waals surface area contributed by atoms with Gasteiger partial charge in [-0.05, 0) is 6.42 Å². The lowest BCUT2D eigenvalue weighted by Crippen LogP contribution is -1.87. The van der Waals surface area contributed by atoms with Gasteiger partial charge in [-0.2, -0.15) is 0 Å². The van der Waals surface area contributed by atoms with Crippen LogP contribution in [-0.2, 0) is 13.6 Å². The highest BCUT2D eigenvalue weighted by molar-refractivity contribution is 7.33. The Kier molecular flexibility index (Phi) is 13.3. The summed E-state index contributed by atoms with van der Waals surface area (Å²) in [6.45, 7) is 2.69. The smallest absolute Gasteiger partial charge is 0.412 e. The second-order valence-electron chi connectivity index (χ2n) is 2.30. The number of unbranched alkanes of at least 4 members (excludes halogenated alkanes) is 3. The first-order valence-corrected chi connectivity index (χ1v) is 5.05. The van der Waals surface area contributed by atoms with Crippen LogP contribution >= 0.6 is 8.25 Å². The molecule has 2 N–H and O–H groups in total. The highest BCUT2D eigenvalue weighted by Crippen LogP contribution is 2.21. The van der Waals surface area contributed by atoms with Crippen molar-refractivity contribution in [2.75, 3.05) is 13.7 Å². The van der Waals surface area contributed by atoms with Crippen LogP contribution in [0, 0.1) is 0 Å². The second kappa shape index (κ2) is 11.0. The molecule has 0 aliphatic heterocycles. The van der Waals surface area contributed by atoms with Crippen molar-refractivity contribution >= 4 is 8.25 Å². The summed E-state index contributed by atoms with van der Waals surface area (Å²) in [4.78, 5) is 0. The second-order valence-corrected chi connectivity index (χ2v) is 3.37. The van der Waals surface area contributed by atoms with Crippen LogP contribution in [0.25, 0.3) is 0 Å². The molecule has 0 bridgehead atoms. The van der Waals surface area contributed by atoms with E-state index in [4.69, 9.17) is 4.52 Å². The Morgan fingerprint density at radius 1 is 1.25 bits per heavy atom. The summed E-state index contributed by atoms with van der Waals surface area (Å²) in [6, 6.07) is 0. The van der Waals surface area contributed by atoms with E-state index in [1.54, 1.807) is 0 Å². The zero-order valence-electron chi connectivity index (χ0n) is 7.71. The highest BCUT2D eigenvalue weighted by atomic mass is 31.1. The largest absolute Gasteiger partial charge is 0.697 e. The van der Waals surface area contributed by atoms with Gasteiger partial charge in [0.25, 0.3) is 0 Å². The molecule has 1 unspecified atom stereocenters. The van der Waals surface area contributed by atoms with E-state index in [9.17, 15) is 4.57 Å². The van der Waals surface area contributed by atoms with E-state index in [-0.39, 0.29) is 5.48 Å². The van der Waals surface area contributed by atoms with Crippen LogP contribution in [0.4, 0.5) is 0 Å². The number of hydrogen-bond acceptors (Lipinski definition) is 3. The summed E-state index contributed by atoms with van der Waals surface area (Å²) in [5.74, 6) is 0. The van der Waals surface area contributed by atoms with Crippen molar-refractivity contribution in [3.63, 3.8) is 0 Å². The van der Waals surface area contributed by atoms with E-state index in [1.807, 2.05) is 0 Å². The van der Waals surface area contributed by atoms with E-state index < -0.39 is 8.25 Å². The minimum Gasteiger partial charge on any atom is -0.412 e. The maximum Gasteiger partial charge on any atom is 0.697 e. The van der Waals surface area contributed by atoms with Crippen LogP contribution in [0.1, 0.15) is 32.6 Å². The molecule has 5 heteroatoms. The maximum absolute atomic E-state index is 10.5. The standard InChI is InChI=1S/C7H16O3P.H2O/c1-3-4-5-6-7-10-11(8)9-2;/h3-7H2,1-2H3;1H2/q+1;. The molecule has 0 fully saturated rings. The number of hydrogen-bond donors (Lipinski definition) is 0. The molecule has 0 saturated carbocycles. The highest BCUT2D eigenvalue weighted by Gasteiger charge is 2.15. The van der Waals surface area contributed by atoms with Gasteiger partial charge >= 0.3 is 8.25 Å². The van der Waals surface area contributed by atoms with Crippen molar-refractivity contribution in [3.8, 4) is 0 Å². The lowest BCUT2D eigenvalue weighted by Gasteiger charge is -1.92. The summed E-state index contributed by atoms with van der Waals surface area (Å²) in [6.07, 6.45) is 4.53. The van der Waals surface area contributed by atoms with E-state index in [2.05, 4.69) is 11.4 Å². The van der Waals surface area contributed by atoms with Gasteiger partial charge in [0, 0.05) is 4.57 Å². The molecule has 0 heterocycles. The molecule has 1 atom stereocenters. The number of rotatable bonds is 7. The van der Waals surface area contributed by atoms with Crippen LogP contribution in [0.15, 0.2) is 0 Å². The van der Waals surface area contributed by atoms with Gasteiger partial charge in [0.1, 0.15) is 6.61 Å². The summed E-state index contributed by atoms with van der Waals surface area (Å²) in [5.41, 5.74) is 0. The Morgan fingerprint density at radius 2 is 1.92 bits per heavy atom. The molecule has 0 aliphatic carbocycles. The SMILES string of the molecule is CCCCCCO[P+](=O)OC.O. The molecule has 0 aromatic carbocycles. The van der Waals surface area contributed by atoms with Gasteiger partial charge in [-0.15, -0.1) is 9.05 Å². The third-order valence-corrected chi connectivity index (χ3v) is 2.04. The van der Waals surface area contributed by atoms with E-state index in [1.165, 1.54) is 20.0 Å². The van der Waals surface area contributed by atoms with E-state index >= 15 is 0 Å². The molecule has 74 valence electrons. The lowest BCUT2D eigenvalue weighted by molar-refractivity contribution is 0.250. The third-order valence-electron chi connectivity index (χ3n) is 1.34. The van der Waals surface area contributed by atoms with Gasteiger partial charge in [-0.1, -0.05) is 26.2 Å². The Hall–Kier alpha value is -0.0200. The Balaban J connectivity index is 0. The molecule has 0 aromatic heterocycles. The molecular weight excluding hydrogens is 179 g/mol. The van der Waals surface area contributed by atoms with E-state index in [0.717, 1.165) is 12.8 Å². The van der Waals surface area contributed by atoms with Crippen molar-refractivity contribution in [2.24, 2.45) is 0 Å². The van der Waals surface area contributed by atoms with Crippen LogP contribution < -0.4 is 0 Å². The quantitative estimate of drug-likeness (QED) is 0.463. The van der Waals surface area contributed by atoms with Gasteiger partial charge in [0.05, 0.1) is 7.11 Å². The van der Waals surface area contributed by atoms with Crippen molar-refractivity contribution in [3.05, 3.63) is 0 Å². The van der Waals surface area contributed by atoms with Crippen molar-refractivity contribution < 1.29 is 19.1 Å². The van der Waals surface area contributed by atoms with Crippen LogP contribution in [0.5, 0.6) is 0 Å². The summed E-state index contributed by atoms with van der Waals surface area (Å²) in [7, 11) is -0.470. The fraction of sp³-hybridized carbons (Fsp3) is 1.00. The van der Waals surface area contributed by atoms with Gasteiger partial charge in [-0.25, -0.2) is 0 Å². The first-order chi connectivity index (χ1) is 5.31. The molecular formula is C7H18O4P+. The molecule has 4 nitrogen and oxygen atoms in total. The zero-order valence-corrected chi connectivity index (χ0v) is 8.60. The van der Waals surface area contributed by atoms with Crippen LogP contribution in [0.3, 0.4) is 0 Å². The predicted octanol–water partition coefficient (Wildman–Crippen LogP) is 2.06. The Bertz CT molecular complexity index is 108. The minimum absolute atomic E-state index is 0. The van der Waals surface area contributed by atoms with Crippen molar-refractivity contribution in [1.82, 2.24) is 0 Å². The molecule has 0 spiro atoms. The third kappa shape index (κ3) is 9.98. The fourth-order valence-corrected chi connectivity index (χ4v) is 1.10. The average Bonchev–Trinajstić information content (AvgIpc) is 2.04. The monoisotopic (exact) mass is 197 g/mol. The topological polar surface area (TPSA) is 67.0 Å². The van der Waals surface area contributed by atoms with E-state index in [0.29, 0.717) is 6.61 Å². The normalized spacial score (nSPS) is 10.7. The minimum atomic E-state index is -1.85. The van der Waals surface area contributed by atoms with Gasteiger partial charge in [0.2, 0.25) is 0 Å². The Morgan fingerprint density at radius 3 is 2.42 bits per heavy atom. The fourth-order valence-electron chi connectivity index (χ4n) is 0.721. The lowest BCUT2D eigenvalue weighted by atomic mass is 10.2. The van der Waals surface area contributed by atoms with Crippen LogP contribution in [-0.4, -0.2) is 19.2 Å². The maximum atomic E-state index is 10.5. The molecule has 12 heavy (non-hydrogen) atoms. The molecule has 0 rings (SSSR count). The van der Waals surface area contributed by atoms with Gasteiger partial charge in [0.15, 0.2) is 0 Å². The summed E-state index contributed by atoms with van der Waals surface area (Å²) in [5, 5.41) is 0. The van der Waals surface area contributed by atoms with Gasteiger partial charge < -0.3 is 5.48 Å². The zero-order chi connectivity index (χ0) is 8.53. The van der Waals surface area contributed by atoms with Gasteiger partial charge in [-0.3, -0.25) is 0 Å². The predicted molar refractivity (Wildman–Crippen MR) is 48.3 cm³/mol. The summed E-state index contributed by atoms with van der Waals surface area (Å²) < 4.78 is 19.8. The Labute approximate surface area is 74.5 Å². The molecule has 0 saturated heterocycles. The van der Waals surface area contributed by atoms with Crippen molar-refractivity contribution in [2.45, 2.75) is 32.6 Å². The van der Waals surface area contributed by atoms with Crippen LogP contribution in [0.2, 0.25) is 0 Å². The molecule has 0 aliphatic rings. The molecule has 0 radical (unpaired) electrons. The molecule has 0 amide bonds. The average molecular weight is 197 g/mol. The summed E-state index contributed by atoms with van der Waals surface area (Å²) >= 11 is 0. The first kappa shape index (κ1) is 14.5.